The minimum absolute atomic E-state index is 0.107. The first kappa shape index (κ1) is 13.4. The third kappa shape index (κ3) is 3.66. The predicted molar refractivity (Wildman–Crippen MR) is 57.9 cm³/mol. The number of hydrogen-bond acceptors (Lipinski definition) is 3. The minimum atomic E-state index is -0.335. The lowest BCUT2D eigenvalue weighted by molar-refractivity contribution is -0.152. The predicted octanol–water partition coefficient (Wildman–Crippen LogP) is 1.95. The molecule has 0 fully saturated rings. The maximum absolute atomic E-state index is 11.5. The van der Waals surface area contributed by atoms with Gasteiger partial charge in [0, 0.05) is 0 Å². The number of carbonyl (C=O) groups is 1. The van der Waals surface area contributed by atoms with Crippen LogP contribution in [0.3, 0.4) is 0 Å². The molecule has 3 nitrogen and oxygen atoms in total. The van der Waals surface area contributed by atoms with Crippen LogP contribution in [0.15, 0.2) is 0 Å². The molecule has 0 rings (SSSR count). The number of methoxy groups -OCH3 is 1. The number of esters is 1. The van der Waals surface area contributed by atoms with Crippen LogP contribution < -0.4 is 5.73 Å². The van der Waals surface area contributed by atoms with Gasteiger partial charge in [-0.25, -0.2) is 0 Å². The third-order valence-electron chi connectivity index (χ3n) is 3.05. The molecule has 0 aliphatic carbocycles. The molecule has 0 aliphatic heterocycles. The normalized spacial score (nSPS) is 17.2. The molecule has 2 atom stereocenters. The van der Waals surface area contributed by atoms with E-state index >= 15 is 0 Å². The Morgan fingerprint density at radius 2 is 2.14 bits per heavy atom. The number of rotatable bonds is 6. The summed E-state index contributed by atoms with van der Waals surface area (Å²) in [6, 6.07) is 0. The molecular weight excluding hydrogens is 178 g/mol. The fraction of sp³-hybridized carbons (Fsp3) is 0.909. The zero-order valence-corrected chi connectivity index (χ0v) is 9.80. The SMILES string of the molecule is CCC(C)(CCC(C)CN)C(=O)OC. The van der Waals surface area contributed by atoms with Crippen molar-refractivity contribution in [1.82, 2.24) is 0 Å². The van der Waals surface area contributed by atoms with Crippen molar-refractivity contribution in [3.8, 4) is 0 Å². The molecule has 0 amide bonds. The fourth-order valence-electron chi connectivity index (χ4n) is 1.35. The van der Waals surface area contributed by atoms with E-state index in [0.717, 1.165) is 19.3 Å². The molecule has 0 saturated heterocycles. The second kappa shape index (κ2) is 6.02. The Morgan fingerprint density at radius 3 is 2.50 bits per heavy atom. The molecular formula is C11H23NO2. The standard InChI is InChI=1S/C11H23NO2/c1-5-11(3,10(13)14-4)7-6-9(2)8-12/h9H,5-8,12H2,1-4H3. The minimum Gasteiger partial charge on any atom is -0.469 e. The summed E-state index contributed by atoms with van der Waals surface area (Å²) >= 11 is 0. The molecule has 0 saturated carbocycles. The maximum atomic E-state index is 11.5. The van der Waals surface area contributed by atoms with Crippen molar-refractivity contribution in [3.05, 3.63) is 0 Å². The molecule has 0 heterocycles. The second-order valence-electron chi connectivity index (χ2n) is 4.29. The second-order valence-corrected chi connectivity index (χ2v) is 4.29. The molecule has 2 N–H and O–H groups in total. The van der Waals surface area contributed by atoms with E-state index in [4.69, 9.17) is 10.5 Å². The van der Waals surface area contributed by atoms with Gasteiger partial charge in [-0.2, -0.15) is 0 Å². The Kier molecular flexibility index (Phi) is 5.77. The Morgan fingerprint density at radius 1 is 1.57 bits per heavy atom. The first-order valence-corrected chi connectivity index (χ1v) is 5.28. The van der Waals surface area contributed by atoms with E-state index in [1.165, 1.54) is 7.11 Å². The lowest BCUT2D eigenvalue weighted by Gasteiger charge is -2.26. The van der Waals surface area contributed by atoms with Crippen LogP contribution in [-0.4, -0.2) is 19.6 Å². The van der Waals surface area contributed by atoms with Crippen LogP contribution in [0.4, 0.5) is 0 Å². The lowest BCUT2D eigenvalue weighted by Crippen LogP contribution is -2.29. The van der Waals surface area contributed by atoms with Crippen molar-refractivity contribution in [1.29, 1.82) is 0 Å². The molecule has 14 heavy (non-hydrogen) atoms. The Labute approximate surface area is 87.0 Å². The van der Waals surface area contributed by atoms with E-state index in [1.807, 2.05) is 13.8 Å². The molecule has 0 radical (unpaired) electrons. The number of hydrogen-bond donors (Lipinski definition) is 1. The van der Waals surface area contributed by atoms with Crippen molar-refractivity contribution in [3.63, 3.8) is 0 Å². The van der Waals surface area contributed by atoms with Crippen LogP contribution >= 0.6 is 0 Å². The van der Waals surface area contributed by atoms with Crippen molar-refractivity contribution in [2.75, 3.05) is 13.7 Å². The smallest absolute Gasteiger partial charge is 0.311 e. The zero-order chi connectivity index (χ0) is 11.2. The van der Waals surface area contributed by atoms with Crippen molar-refractivity contribution < 1.29 is 9.53 Å². The summed E-state index contributed by atoms with van der Waals surface area (Å²) < 4.78 is 4.80. The third-order valence-corrected chi connectivity index (χ3v) is 3.05. The molecule has 0 aromatic rings. The van der Waals surface area contributed by atoms with E-state index in [1.54, 1.807) is 0 Å². The highest BCUT2D eigenvalue weighted by Crippen LogP contribution is 2.30. The molecule has 0 aromatic heterocycles. The lowest BCUT2D eigenvalue weighted by atomic mass is 9.81. The van der Waals surface area contributed by atoms with Crippen LogP contribution in [0, 0.1) is 11.3 Å². The van der Waals surface area contributed by atoms with E-state index in [-0.39, 0.29) is 11.4 Å². The van der Waals surface area contributed by atoms with Gasteiger partial charge in [-0.1, -0.05) is 13.8 Å². The first-order chi connectivity index (χ1) is 6.50. The highest BCUT2D eigenvalue weighted by atomic mass is 16.5. The Bertz CT molecular complexity index is 182. The van der Waals surface area contributed by atoms with E-state index in [2.05, 4.69) is 6.92 Å². The van der Waals surface area contributed by atoms with Gasteiger partial charge in [-0.15, -0.1) is 0 Å². The average molecular weight is 201 g/mol. The molecule has 84 valence electrons. The van der Waals surface area contributed by atoms with E-state index < -0.39 is 0 Å². The van der Waals surface area contributed by atoms with Crippen LogP contribution in [0.1, 0.15) is 40.0 Å². The van der Waals surface area contributed by atoms with Gasteiger partial charge < -0.3 is 10.5 Å². The molecule has 2 unspecified atom stereocenters. The van der Waals surface area contributed by atoms with Gasteiger partial charge in [0.05, 0.1) is 12.5 Å². The van der Waals surface area contributed by atoms with E-state index in [9.17, 15) is 4.79 Å². The van der Waals surface area contributed by atoms with Crippen LogP contribution in [0.5, 0.6) is 0 Å². The number of nitrogens with two attached hydrogens (primary N) is 1. The molecule has 0 aliphatic rings. The van der Waals surface area contributed by atoms with Gasteiger partial charge in [0.25, 0.3) is 0 Å². The van der Waals surface area contributed by atoms with Gasteiger partial charge in [-0.05, 0) is 38.6 Å². The quantitative estimate of drug-likeness (QED) is 0.668. The summed E-state index contributed by atoms with van der Waals surface area (Å²) in [5, 5.41) is 0. The van der Waals surface area contributed by atoms with Crippen LogP contribution in [0.2, 0.25) is 0 Å². The molecule has 0 spiro atoms. The Hall–Kier alpha value is -0.570. The van der Waals surface area contributed by atoms with Gasteiger partial charge in [0.2, 0.25) is 0 Å². The topological polar surface area (TPSA) is 52.3 Å². The summed E-state index contributed by atoms with van der Waals surface area (Å²) in [4.78, 5) is 11.5. The summed E-state index contributed by atoms with van der Waals surface area (Å²) in [6.07, 6.45) is 2.65. The number of ether oxygens (including phenoxy) is 1. The Balaban J connectivity index is 4.19. The average Bonchev–Trinajstić information content (AvgIpc) is 2.23. The summed E-state index contributed by atoms with van der Waals surface area (Å²) in [7, 11) is 1.45. The van der Waals surface area contributed by atoms with Crippen molar-refractivity contribution in [2.45, 2.75) is 40.0 Å². The van der Waals surface area contributed by atoms with Crippen LogP contribution in [-0.2, 0) is 9.53 Å². The maximum Gasteiger partial charge on any atom is 0.311 e. The van der Waals surface area contributed by atoms with Gasteiger partial charge in [0.15, 0.2) is 0 Å². The molecule has 0 aromatic carbocycles. The van der Waals surface area contributed by atoms with Crippen LogP contribution in [0.25, 0.3) is 0 Å². The highest BCUT2D eigenvalue weighted by molar-refractivity contribution is 5.76. The van der Waals surface area contributed by atoms with E-state index in [0.29, 0.717) is 12.5 Å². The van der Waals surface area contributed by atoms with Gasteiger partial charge in [-0.3, -0.25) is 4.79 Å². The first-order valence-electron chi connectivity index (χ1n) is 5.28. The zero-order valence-electron chi connectivity index (χ0n) is 9.80. The fourth-order valence-corrected chi connectivity index (χ4v) is 1.35. The van der Waals surface area contributed by atoms with Crippen molar-refractivity contribution in [2.24, 2.45) is 17.1 Å². The summed E-state index contributed by atoms with van der Waals surface area (Å²) in [5.41, 5.74) is 5.20. The van der Waals surface area contributed by atoms with Gasteiger partial charge >= 0.3 is 5.97 Å². The number of carbonyl (C=O) groups excluding carboxylic acids is 1. The largest absolute Gasteiger partial charge is 0.469 e. The summed E-state index contributed by atoms with van der Waals surface area (Å²) in [5.74, 6) is 0.370. The highest BCUT2D eigenvalue weighted by Gasteiger charge is 2.32. The molecule has 0 bridgehead atoms. The molecule has 3 heteroatoms. The summed E-state index contributed by atoms with van der Waals surface area (Å²) in [6.45, 7) is 6.76. The van der Waals surface area contributed by atoms with Gasteiger partial charge in [0.1, 0.15) is 0 Å². The monoisotopic (exact) mass is 201 g/mol. The van der Waals surface area contributed by atoms with Crippen molar-refractivity contribution >= 4 is 5.97 Å².